The maximum Gasteiger partial charge on any atom is 0.408 e. The third kappa shape index (κ3) is 13.3. The van der Waals surface area contributed by atoms with E-state index in [0.29, 0.717) is 12.8 Å². The van der Waals surface area contributed by atoms with Gasteiger partial charge in [0.05, 0.1) is 6.61 Å². The van der Waals surface area contributed by atoms with E-state index in [1.54, 1.807) is 34.6 Å². The van der Waals surface area contributed by atoms with Crippen LogP contribution in [0.5, 0.6) is 0 Å². The molecule has 2 amide bonds. The zero-order chi connectivity index (χ0) is 24.9. The molecule has 182 valence electrons. The Morgan fingerprint density at radius 3 is 1.91 bits per heavy atom. The fourth-order valence-electron chi connectivity index (χ4n) is 2.46. The van der Waals surface area contributed by atoms with Crippen LogP contribution in [0.2, 0.25) is 0 Å². The van der Waals surface area contributed by atoms with Crippen LogP contribution in [0.1, 0.15) is 60.3 Å². The molecule has 0 aliphatic heterocycles. The number of hydrogen-bond donors (Lipinski definition) is 3. The van der Waals surface area contributed by atoms with E-state index in [-0.39, 0.29) is 19.4 Å². The number of aliphatic carboxylic acids is 1. The van der Waals surface area contributed by atoms with Gasteiger partial charge in [-0.25, -0.2) is 19.2 Å². The lowest BCUT2D eigenvalue weighted by atomic mass is 10.0. The fourth-order valence-corrected chi connectivity index (χ4v) is 2.46. The number of carboxylic acids is 1. The third-order valence-electron chi connectivity index (χ3n) is 3.91. The molecular formula is C22H36N2O8. The van der Waals surface area contributed by atoms with Crippen molar-refractivity contribution >= 4 is 24.1 Å². The zero-order valence-electron chi connectivity index (χ0n) is 19.6. The molecule has 0 radical (unpaired) electrons. The Kier molecular flexibility index (Phi) is 12.1. The molecule has 2 unspecified atom stereocenters. The van der Waals surface area contributed by atoms with Gasteiger partial charge in [0.1, 0.15) is 23.3 Å². The number of amides is 2. The second-order valence-corrected chi connectivity index (χ2v) is 8.70. The topological polar surface area (TPSA) is 140 Å². The highest BCUT2D eigenvalue weighted by molar-refractivity contribution is 5.81. The number of nitrogens with one attached hydrogen (secondary N) is 2. The van der Waals surface area contributed by atoms with Crippen LogP contribution in [0, 0.1) is 0 Å². The summed E-state index contributed by atoms with van der Waals surface area (Å²) < 4.78 is 15.6. The normalized spacial score (nSPS) is 13.2. The van der Waals surface area contributed by atoms with Crippen molar-refractivity contribution in [3.63, 3.8) is 0 Å². The van der Waals surface area contributed by atoms with Crippen molar-refractivity contribution in [2.75, 3.05) is 6.61 Å². The minimum atomic E-state index is -1.19. The van der Waals surface area contributed by atoms with Crippen molar-refractivity contribution in [3.8, 4) is 0 Å². The number of esters is 1. The highest BCUT2D eigenvalue weighted by Gasteiger charge is 2.27. The largest absolute Gasteiger partial charge is 0.480 e. The maximum atomic E-state index is 12.3. The van der Waals surface area contributed by atoms with Gasteiger partial charge in [0.15, 0.2) is 0 Å². The van der Waals surface area contributed by atoms with E-state index in [2.05, 4.69) is 23.8 Å². The van der Waals surface area contributed by atoms with Crippen LogP contribution in [0.15, 0.2) is 25.3 Å². The Labute approximate surface area is 189 Å². The molecule has 0 saturated heterocycles. The van der Waals surface area contributed by atoms with E-state index in [0.717, 1.165) is 0 Å². The lowest BCUT2D eigenvalue weighted by Crippen LogP contribution is -2.44. The standard InChI is InChI=1S/C22H36N2O8/c1-8-11-15(17(25)26)23-20(29)32-22(6,7)13-10-14-30-18(27)16(12-9-2)24-19(28)31-21(3,4)5/h8-9,15-16H,1-2,10-14H2,3-7H3,(H,23,29)(H,24,28)(H,25,26). The summed E-state index contributed by atoms with van der Waals surface area (Å²) >= 11 is 0. The molecule has 32 heavy (non-hydrogen) atoms. The average Bonchev–Trinajstić information content (AvgIpc) is 2.62. The molecule has 0 aromatic heterocycles. The minimum absolute atomic E-state index is 0.0328. The molecule has 0 aromatic carbocycles. The van der Waals surface area contributed by atoms with Crippen molar-refractivity contribution < 1.29 is 38.5 Å². The first-order valence-corrected chi connectivity index (χ1v) is 10.3. The molecule has 0 heterocycles. The van der Waals surface area contributed by atoms with Crippen LogP contribution in [-0.4, -0.2) is 59.1 Å². The summed E-state index contributed by atoms with van der Waals surface area (Å²) in [5.74, 6) is -1.83. The highest BCUT2D eigenvalue weighted by atomic mass is 16.6. The van der Waals surface area contributed by atoms with Gasteiger partial charge < -0.3 is 30.0 Å². The van der Waals surface area contributed by atoms with Crippen LogP contribution >= 0.6 is 0 Å². The summed E-state index contributed by atoms with van der Waals surface area (Å²) in [5.41, 5.74) is -1.64. The Bertz CT molecular complexity index is 682. The molecule has 10 heteroatoms. The van der Waals surface area contributed by atoms with E-state index in [9.17, 15) is 19.2 Å². The van der Waals surface area contributed by atoms with Crippen molar-refractivity contribution in [1.82, 2.24) is 10.6 Å². The molecule has 0 bridgehead atoms. The first-order valence-electron chi connectivity index (χ1n) is 10.3. The third-order valence-corrected chi connectivity index (χ3v) is 3.91. The van der Waals surface area contributed by atoms with Crippen LogP contribution < -0.4 is 10.6 Å². The van der Waals surface area contributed by atoms with Crippen molar-refractivity contribution in [1.29, 1.82) is 0 Å². The first kappa shape index (κ1) is 29.0. The SMILES string of the molecule is C=CCC(NC(=O)OC(C)(C)CCCOC(=O)C(CC=C)NC(=O)OC(C)(C)C)C(=O)O. The van der Waals surface area contributed by atoms with Crippen LogP contribution in [0.4, 0.5) is 9.59 Å². The van der Waals surface area contributed by atoms with E-state index in [1.165, 1.54) is 12.2 Å². The van der Waals surface area contributed by atoms with Gasteiger partial charge in [-0.1, -0.05) is 12.2 Å². The summed E-state index contributed by atoms with van der Waals surface area (Å²) in [6, 6.07) is -2.06. The van der Waals surface area contributed by atoms with Gasteiger partial charge in [-0.2, -0.15) is 0 Å². The second kappa shape index (κ2) is 13.4. The van der Waals surface area contributed by atoms with Crippen molar-refractivity contribution in [2.45, 2.75) is 83.6 Å². The first-order chi connectivity index (χ1) is 14.7. The van der Waals surface area contributed by atoms with Gasteiger partial charge in [0, 0.05) is 0 Å². The van der Waals surface area contributed by atoms with Crippen LogP contribution in [-0.2, 0) is 23.8 Å². The quantitative estimate of drug-likeness (QED) is 0.166. The molecule has 3 N–H and O–H groups in total. The predicted octanol–water partition coefficient (Wildman–Crippen LogP) is 3.31. The summed E-state index contributed by atoms with van der Waals surface area (Å²) in [6.07, 6.45) is 2.21. The molecular weight excluding hydrogens is 420 g/mol. The Morgan fingerprint density at radius 2 is 1.41 bits per heavy atom. The predicted molar refractivity (Wildman–Crippen MR) is 118 cm³/mol. The molecule has 10 nitrogen and oxygen atoms in total. The molecule has 0 aliphatic carbocycles. The van der Waals surface area contributed by atoms with E-state index in [1.807, 2.05) is 0 Å². The van der Waals surface area contributed by atoms with Gasteiger partial charge >= 0.3 is 24.1 Å². The van der Waals surface area contributed by atoms with Crippen molar-refractivity contribution in [3.05, 3.63) is 25.3 Å². The van der Waals surface area contributed by atoms with Gasteiger partial charge in [-0.05, 0) is 60.3 Å². The Morgan fingerprint density at radius 1 is 0.906 bits per heavy atom. The number of carbonyl (C=O) groups is 4. The summed E-state index contributed by atoms with van der Waals surface area (Å²) in [6.45, 7) is 15.5. The molecule has 0 saturated carbocycles. The van der Waals surface area contributed by atoms with Crippen LogP contribution in [0.25, 0.3) is 0 Å². The lowest BCUT2D eigenvalue weighted by molar-refractivity contribution is -0.146. The Balaban J connectivity index is 4.55. The lowest BCUT2D eigenvalue weighted by Gasteiger charge is -2.26. The summed E-state index contributed by atoms with van der Waals surface area (Å²) in [5, 5.41) is 13.8. The molecule has 0 aromatic rings. The van der Waals surface area contributed by atoms with Crippen LogP contribution in [0.3, 0.4) is 0 Å². The smallest absolute Gasteiger partial charge is 0.408 e. The second-order valence-electron chi connectivity index (χ2n) is 8.70. The van der Waals surface area contributed by atoms with E-state index in [4.69, 9.17) is 19.3 Å². The van der Waals surface area contributed by atoms with Gasteiger partial charge in [-0.3, -0.25) is 0 Å². The number of alkyl carbamates (subject to hydrolysis) is 2. The van der Waals surface area contributed by atoms with E-state index < -0.39 is 47.4 Å². The fraction of sp³-hybridized carbons (Fsp3) is 0.636. The molecule has 0 aliphatic rings. The number of ether oxygens (including phenoxy) is 3. The number of rotatable bonds is 13. The minimum Gasteiger partial charge on any atom is -0.480 e. The molecule has 0 rings (SSSR count). The summed E-state index contributed by atoms with van der Waals surface area (Å²) in [4.78, 5) is 47.3. The highest BCUT2D eigenvalue weighted by Crippen LogP contribution is 2.17. The number of carbonyl (C=O) groups excluding carboxylic acids is 3. The maximum absolute atomic E-state index is 12.3. The van der Waals surface area contributed by atoms with E-state index >= 15 is 0 Å². The van der Waals surface area contributed by atoms with Crippen molar-refractivity contribution in [2.24, 2.45) is 0 Å². The average molecular weight is 457 g/mol. The number of carboxylic acid groups (broad SMARTS) is 1. The number of hydrogen-bond acceptors (Lipinski definition) is 7. The monoisotopic (exact) mass is 456 g/mol. The Hall–Kier alpha value is -3.04. The van der Waals surface area contributed by atoms with Gasteiger partial charge in [0.2, 0.25) is 0 Å². The van der Waals surface area contributed by atoms with Gasteiger partial charge in [-0.15, -0.1) is 13.2 Å². The summed E-state index contributed by atoms with van der Waals surface area (Å²) in [7, 11) is 0. The molecule has 0 fully saturated rings. The molecule has 0 spiro atoms. The van der Waals surface area contributed by atoms with Gasteiger partial charge in [0.25, 0.3) is 0 Å². The zero-order valence-corrected chi connectivity index (χ0v) is 19.6. The molecule has 2 atom stereocenters.